The van der Waals surface area contributed by atoms with Crippen LogP contribution in [0.4, 0.5) is 0 Å². The molecule has 1 amide bonds. The molecule has 27 heavy (non-hydrogen) atoms. The summed E-state index contributed by atoms with van der Waals surface area (Å²) in [7, 11) is 0. The molecule has 0 spiro atoms. The maximum atomic E-state index is 12.2. The quantitative estimate of drug-likeness (QED) is 0.499. The number of carbonyl (C=O) groups excluding carboxylic acids is 1. The molecule has 0 aromatic heterocycles. The molecule has 1 saturated heterocycles. The summed E-state index contributed by atoms with van der Waals surface area (Å²) in [6.45, 7) is 2.69. The van der Waals surface area contributed by atoms with Crippen LogP contribution < -0.4 is 14.8 Å². The highest BCUT2D eigenvalue weighted by Gasteiger charge is 2.18. The Hall–Kier alpha value is -3.05. The second-order valence-electron chi connectivity index (χ2n) is 5.84. The number of benzene rings is 1. The lowest BCUT2D eigenvalue weighted by atomic mass is 10.1. The van der Waals surface area contributed by atoms with Gasteiger partial charge in [-0.05, 0) is 43.5 Å². The first-order valence-corrected chi connectivity index (χ1v) is 8.66. The Labute approximate surface area is 157 Å². The normalized spacial score (nSPS) is 16.4. The van der Waals surface area contributed by atoms with Crippen molar-refractivity contribution >= 4 is 18.0 Å². The van der Waals surface area contributed by atoms with Crippen molar-refractivity contribution in [2.45, 2.75) is 25.9 Å². The molecule has 0 unspecified atom stereocenters. The highest BCUT2D eigenvalue weighted by Crippen LogP contribution is 2.29. The van der Waals surface area contributed by atoms with Crippen LogP contribution in [0.25, 0.3) is 6.08 Å². The van der Waals surface area contributed by atoms with E-state index in [1.165, 1.54) is 6.08 Å². The van der Waals surface area contributed by atoms with E-state index in [1.54, 1.807) is 25.1 Å². The van der Waals surface area contributed by atoms with E-state index in [9.17, 15) is 14.9 Å². The Bertz CT molecular complexity index is 747. The van der Waals surface area contributed by atoms with Gasteiger partial charge in [-0.3, -0.25) is 4.79 Å². The third-order valence-electron chi connectivity index (χ3n) is 3.81. The highest BCUT2D eigenvalue weighted by molar-refractivity contribution is 6.01. The number of aliphatic carboxylic acids is 1. The predicted molar refractivity (Wildman–Crippen MR) is 96.3 cm³/mol. The maximum Gasteiger partial charge on any atom is 0.341 e. The van der Waals surface area contributed by atoms with Crippen molar-refractivity contribution in [1.82, 2.24) is 5.32 Å². The minimum atomic E-state index is -1.10. The van der Waals surface area contributed by atoms with E-state index in [0.717, 1.165) is 12.8 Å². The molecule has 144 valence electrons. The Morgan fingerprint density at radius 1 is 1.41 bits per heavy atom. The van der Waals surface area contributed by atoms with Crippen molar-refractivity contribution in [3.63, 3.8) is 0 Å². The van der Waals surface area contributed by atoms with Gasteiger partial charge in [0.1, 0.15) is 11.6 Å². The molecule has 1 atom stereocenters. The van der Waals surface area contributed by atoms with Gasteiger partial charge in [0, 0.05) is 13.2 Å². The lowest BCUT2D eigenvalue weighted by molar-refractivity contribution is -0.139. The average Bonchev–Trinajstić information content (AvgIpc) is 3.17. The Balaban J connectivity index is 2.11. The van der Waals surface area contributed by atoms with Gasteiger partial charge < -0.3 is 24.6 Å². The number of carboxylic acids is 1. The van der Waals surface area contributed by atoms with Crippen molar-refractivity contribution in [2.75, 3.05) is 26.4 Å². The van der Waals surface area contributed by atoms with Crippen LogP contribution in [0.3, 0.4) is 0 Å². The highest BCUT2D eigenvalue weighted by atomic mass is 16.5. The van der Waals surface area contributed by atoms with Gasteiger partial charge in [-0.1, -0.05) is 6.07 Å². The molecule has 1 aliphatic heterocycles. The first-order valence-electron chi connectivity index (χ1n) is 8.66. The fraction of sp³-hybridized carbons (Fsp3) is 0.421. The van der Waals surface area contributed by atoms with Crippen LogP contribution in [0.5, 0.6) is 11.5 Å². The van der Waals surface area contributed by atoms with E-state index in [-0.39, 0.29) is 17.4 Å². The summed E-state index contributed by atoms with van der Waals surface area (Å²) in [5, 5.41) is 20.7. The molecule has 1 aromatic carbocycles. The zero-order valence-electron chi connectivity index (χ0n) is 15.1. The van der Waals surface area contributed by atoms with Gasteiger partial charge in [-0.25, -0.2) is 4.79 Å². The van der Waals surface area contributed by atoms with Gasteiger partial charge in [0.05, 0.1) is 12.7 Å². The second-order valence-corrected chi connectivity index (χ2v) is 5.84. The van der Waals surface area contributed by atoms with Crippen molar-refractivity contribution in [3.05, 3.63) is 29.3 Å². The van der Waals surface area contributed by atoms with Crippen LogP contribution in [0.1, 0.15) is 25.3 Å². The van der Waals surface area contributed by atoms with E-state index in [1.807, 2.05) is 6.07 Å². The largest absolute Gasteiger partial charge is 0.490 e. The molecule has 1 aliphatic rings. The minimum Gasteiger partial charge on any atom is -0.490 e. The van der Waals surface area contributed by atoms with Crippen molar-refractivity contribution in [2.24, 2.45) is 0 Å². The Morgan fingerprint density at radius 3 is 2.85 bits per heavy atom. The standard InChI is InChI=1S/C19H22N2O6/c1-2-25-17-9-13(5-6-16(17)27-12-18(22)23)8-14(10-20)19(24)21-11-15-4-3-7-26-15/h5-6,8-9,15H,2-4,7,11-12H2,1H3,(H,21,24)(H,22,23)/b14-8-/t15-/m0/s1. The van der Waals surface area contributed by atoms with E-state index >= 15 is 0 Å². The minimum absolute atomic E-state index is 0.0101. The number of carboxylic acid groups (broad SMARTS) is 1. The zero-order chi connectivity index (χ0) is 19.6. The first kappa shape index (κ1) is 20.3. The fourth-order valence-corrected chi connectivity index (χ4v) is 2.56. The topological polar surface area (TPSA) is 118 Å². The van der Waals surface area contributed by atoms with Gasteiger partial charge in [0.2, 0.25) is 0 Å². The number of nitrogens with one attached hydrogen (secondary N) is 1. The molecular weight excluding hydrogens is 352 g/mol. The van der Waals surface area contributed by atoms with Crippen LogP contribution in [0, 0.1) is 11.3 Å². The third kappa shape index (κ3) is 6.31. The number of hydrogen-bond donors (Lipinski definition) is 2. The Morgan fingerprint density at radius 2 is 2.22 bits per heavy atom. The van der Waals surface area contributed by atoms with Crippen LogP contribution in [-0.2, 0) is 14.3 Å². The van der Waals surface area contributed by atoms with Gasteiger partial charge in [0.25, 0.3) is 5.91 Å². The predicted octanol–water partition coefficient (Wildman–Crippen LogP) is 1.75. The molecule has 8 heteroatoms. The molecule has 0 bridgehead atoms. The monoisotopic (exact) mass is 374 g/mol. The maximum absolute atomic E-state index is 12.2. The molecule has 2 rings (SSSR count). The smallest absolute Gasteiger partial charge is 0.341 e. The summed E-state index contributed by atoms with van der Waals surface area (Å²) in [4.78, 5) is 22.9. The van der Waals surface area contributed by atoms with E-state index in [0.29, 0.717) is 31.1 Å². The number of nitriles is 1. The summed E-state index contributed by atoms with van der Waals surface area (Å²) in [5.74, 6) is -0.962. The second kappa shape index (κ2) is 10.2. The fourth-order valence-electron chi connectivity index (χ4n) is 2.56. The summed E-state index contributed by atoms with van der Waals surface area (Å²) in [6.07, 6.45) is 3.29. The third-order valence-corrected chi connectivity index (χ3v) is 3.81. The van der Waals surface area contributed by atoms with Gasteiger partial charge in [-0.2, -0.15) is 5.26 Å². The van der Waals surface area contributed by atoms with Gasteiger partial charge in [-0.15, -0.1) is 0 Å². The first-order chi connectivity index (χ1) is 13.0. The van der Waals surface area contributed by atoms with E-state index in [4.69, 9.17) is 19.3 Å². The van der Waals surface area contributed by atoms with Crippen molar-refractivity contribution in [3.8, 4) is 17.6 Å². The van der Waals surface area contributed by atoms with Crippen LogP contribution in [-0.4, -0.2) is 49.5 Å². The summed E-state index contributed by atoms with van der Waals surface area (Å²) in [5.41, 5.74) is 0.514. The van der Waals surface area contributed by atoms with Crippen LogP contribution in [0.2, 0.25) is 0 Å². The van der Waals surface area contributed by atoms with Gasteiger partial charge in [0.15, 0.2) is 18.1 Å². The average molecular weight is 374 g/mol. The summed E-state index contributed by atoms with van der Waals surface area (Å²) < 4.78 is 16.1. The number of nitrogens with zero attached hydrogens (tertiary/aromatic N) is 1. The summed E-state index contributed by atoms with van der Waals surface area (Å²) >= 11 is 0. The van der Waals surface area contributed by atoms with Gasteiger partial charge >= 0.3 is 5.97 Å². The molecule has 1 heterocycles. The van der Waals surface area contributed by atoms with E-state index < -0.39 is 18.5 Å². The number of carbonyl (C=O) groups is 2. The molecular formula is C19H22N2O6. The number of ether oxygens (including phenoxy) is 3. The molecule has 0 saturated carbocycles. The lowest BCUT2D eigenvalue weighted by Gasteiger charge is -2.12. The summed E-state index contributed by atoms with van der Waals surface area (Å²) in [6, 6.07) is 6.64. The molecule has 0 aliphatic carbocycles. The van der Waals surface area contributed by atoms with Crippen molar-refractivity contribution in [1.29, 1.82) is 5.26 Å². The molecule has 1 fully saturated rings. The number of hydrogen-bond acceptors (Lipinski definition) is 6. The number of rotatable bonds is 9. The molecule has 8 nitrogen and oxygen atoms in total. The molecule has 1 aromatic rings. The zero-order valence-corrected chi connectivity index (χ0v) is 15.1. The van der Waals surface area contributed by atoms with Crippen LogP contribution >= 0.6 is 0 Å². The van der Waals surface area contributed by atoms with Crippen molar-refractivity contribution < 1.29 is 28.9 Å². The molecule has 2 N–H and O–H groups in total. The SMILES string of the molecule is CCOc1cc(/C=C(/C#N)C(=O)NC[C@@H]2CCCO2)ccc1OCC(=O)O. The Kier molecular flexibility index (Phi) is 7.64. The van der Waals surface area contributed by atoms with E-state index in [2.05, 4.69) is 5.32 Å². The molecule has 0 radical (unpaired) electrons. The number of amides is 1. The lowest BCUT2D eigenvalue weighted by Crippen LogP contribution is -2.32. The van der Waals surface area contributed by atoms with Crippen LogP contribution in [0.15, 0.2) is 23.8 Å².